The third-order valence-corrected chi connectivity index (χ3v) is 4.10. The zero-order valence-electron chi connectivity index (χ0n) is 13.0. The Balaban J connectivity index is 2.11. The van der Waals surface area contributed by atoms with Gasteiger partial charge in [0, 0.05) is 18.4 Å². The number of benzene rings is 2. The van der Waals surface area contributed by atoms with Crippen LogP contribution in [0.3, 0.4) is 0 Å². The molecule has 0 fully saturated rings. The SMILES string of the molecule is Cc1ccc(C)c(CC(=O)C(C)C(N)c2ccccc2)c1. The van der Waals surface area contributed by atoms with Crippen LogP contribution in [0.1, 0.15) is 35.2 Å². The summed E-state index contributed by atoms with van der Waals surface area (Å²) >= 11 is 0. The largest absolute Gasteiger partial charge is 0.323 e. The van der Waals surface area contributed by atoms with E-state index < -0.39 is 0 Å². The fourth-order valence-electron chi connectivity index (χ4n) is 2.50. The normalized spacial score (nSPS) is 13.7. The summed E-state index contributed by atoms with van der Waals surface area (Å²) < 4.78 is 0. The lowest BCUT2D eigenvalue weighted by atomic mass is 9.88. The molecule has 0 amide bonds. The molecule has 2 aromatic rings. The summed E-state index contributed by atoms with van der Waals surface area (Å²) in [6.45, 7) is 6.02. The molecule has 0 aliphatic rings. The molecular formula is C19H23NO. The topological polar surface area (TPSA) is 43.1 Å². The van der Waals surface area contributed by atoms with Crippen molar-refractivity contribution in [2.45, 2.75) is 33.2 Å². The minimum absolute atomic E-state index is 0.188. The number of ketones is 1. The molecule has 21 heavy (non-hydrogen) atoms. The van der Waals surface area contributed by atoms with Gasteiger partial charge >= 0.3 is 0 Å². The summed E-state index contributed by atoms with van der Waals surface area (Å²) in [5, 5.41) is 0. The first-order chi connectivity index (χ1) is 9.99. The lowest BCUT2D eigenvalue weighted by Gasteiger charge is -2.19. The Bertz CT molecular complexity index is 619. The smallest absolute Gasteiger partial charge is 0.141 e. The zero-order chi connectivity index (χ0) is 15.4. The maximum Gasteiger partial charge on any atom is 0.141 e. The monoisotopic (exact) mass is 281 g/mol. The van der Waals surface area contributed by atoms with E-state index in [0.717, 1.165) is 16.7 Å². The number of nitrogens with two attached hydrogens (primary N) is 1. The van der Waals surface area contributed by atoms with Gasteiger partial charge < -0.3 is 5.73 Å². The molecule has 2 heteroatoms. The van der Waals surface area contributed by atoms with E-state index in [0.29, 0.717) is 6.42 Å². The van der Waals surface area contributed by atoms with E-state index >= 15 is 0 Å². The highest BCUT2D eigenvalue weighted by Gasteiger charge is 2.22. The first-order valence-corrected chi connectivity index (χ1v) is 7.38. The van der Waals surface area contributed by atoms with Gasteiger partial charge in [-0.15, -0.1) is 0 Å². The van der Waals surface area contributed by atoms with E-state index in [1.54, 1.807) is 0 Å². The van der Waals surface area contributed by atoms with E-state index in [1.165, 1.54) is 5.56 Å². The average molecular weight is 281 g/mol. The van der Waals surface area contributed by atoms with Crippen LogP contribution in [0, 0.1) is 19.8 Å². The molecular weight excluding hydrogens is 258 g/mol. The van der Waals surface area contributed by atoms with Gasteiger partial charge in [0.05, 0.1) is 0 Å². The summed E-state index contributed by atoms with van der Waals surface area (Å²) in [4.78, 5) is 12.5. The maximum absolute atomic E-state index is 12.5. The standard InChI is InChI=1S/C19H23NO/c1-13-9-10-14(2)17(11-13)12-18(21)15(3)19(20)16-7-5-4-6-8-16/h4-11,15,19H,12,20H2,1-3H3. The second-order valence-corrected chi connectivity index (χ2v) is 5.80. The van der Waals surface area contributed by atoms with Crippen molar-refractivity contribution in [3.63, 3.8) is 0 Å². The summed E-state index contributed by atoms with van der Waals surface area (Å²) in [6.07, 6.45) is 0.454. The number of hydrogen-bond acceptors (Lipinski definition) is 2. The lowest BCUT2D eigenvalue weighted by molar-refractivity contribution is -0.122. The number of Topliss-reactive ketones (excluding diaryl/α,β-unsaturated/α-hetero) is 1. The van der Waals surface area contributed by atoms with Gasteiger partial charge in [0.15, 0.2) is 0 Å². The quantitative estimate of drug-likeness (QED) is 0.907. The van der Waals surface area contributed by atoms with Crippen LogP contribution in [0.5, 0.6) is 0 Å². The van der Waals surface area contributed by atoms with Gasteiger partial charge in [-0.2, -0.15) is 0 Å². The minimum Gasteiger partial charge on any atom is -0.323 e. The molecule has 2 N–H and O–H groups in total. The molecule has 0 aliphatic carbocycles. The van der Waals surface area contributed by atoms with Crippen molar-refractivity contribution < 1.29 is 4.79 Å². The molecule has 2 aromatic carbocycles. The number of carbonyl (C=O) groups is 1. The van der Waals surface area contributed by atoms with E-state index in [1.807, 2.05) is 51.1 Å². The van der Waals surface area contributed by atoms with Crippen LogP contribution < -0.4 is 5.73 Å². The molecule has 0 bridgehead atoms. The zero-order valence-corrected chi connectivity index (χ0v) is 13.0. The number of carbonyl (C=O) groups excluding carboxylic acids is 1. The first kappa shape index (κ1) is 15.5. The first-order valence-electron chi connectivity index (χ1n) is 7.38. The molecule has 0 saturated heterocycles. The number of hydrogen-bond donors (Lipinski definition) is 1. The summed E-state index contributed by atoms with van der Waals surface area (Å²) in [6, 6.07) is 15.8. The van der Waals surface area contributed by atoms with Crippen molar-refractivity contribution >= 4 is 5.78 Å². The van der Waals surface area contributed by atoms with Crippen molar-refractivity contribution in [1.82, 2.24) is 0 Å². The Morgan fingerprint density at radius 1 is 1.10 bits per heavy atom. The van der Waals surface area contributed by atoms with Gasteiger partial charge in [0.25, 0.3) is 0 Å². The highest BCUT2D eigenvalue weighted by Crippen LogP contribution is 2.22. The lowest BCUT2D eigenvalue weighted by Crippen LogP contribution is -2.27. The highest BCUT2D eigenvalue weighted by molar-refractivity contribution is 5.84. The van der Waals surface area contributed by atoms with E-state index in [9.17, 15) is 4.79 Å². The van der Waals surface area contributed by atoms with Gasteiger partial charge in [0.2, 0.25) is 0 Å². The predicted molar refractivity (Wildman–Crippen MR) is 87.2 cm³/mol. The van der Waals surface area contributed by atoms with Crippen LogP contribution in [0.4, 0.5) is 0 Å². The molecule has 0 aromatic heterocycles. The van der Waals surface area contributed by atoms with Gasteiger partial charge in [-0.25, -0.2) is 0 Å². The third kappa shape index (κ3) is 3.79. The molecule has 2 rings (SSSR count). The number of rotatable bonds is 5. The molecule has 2 atom stereocenters. The molecule has 110 valence electrons. The van der Waals surface area contributed by atoms with Gasteiger partial charge in [-0.3, -0.25) is 4.79 Å². The molecule has 2 nitrogen and oxygen atoms in total. The highest BCUT2D eigenvalue weighted by atomic mass is 16.1. The van der Waals surface area contributed by atoms with Crippen molar-refractivity contribution in [2.75, 3.05) is 0 Å². The molecule has 2 unspecified atom stereocenters. The Morgan fingerprint density at radius 2 is 1.76 bits per heavy atom. The maximum atomic E-state index is 12.5. The van der Waals surface area contributed by atoms with Crippen LogP contribution in [0.2, 0.25) is 0 Å². The summed E-state index contributed by atoms with van der Waals surface area (Å²) in [5.74, 6) is 0.00682. The van der Waals surface area contributed by atoms with Crippen molar-refractivity contribution in [3.8, 4) is 0 Å². The Hall–Kier alpha value is -1.93. The second kappa shape index (κ2) is 6.68. The van der Waals surface area contributed by atoms with Gasteiger partial charge in [0.1, 0.15) is 5.78 Å². The van der Waals surface area contributed by atoms with Crippen molar-refractivity contribution in [2.24, 2.45) is 11.7 Å². The summed E-state index contributed by atoms with van der Waals surface area (Å²) in [5.41, 5.74) is 10.7. The second-order valence-electron chi connectivity index (χ2n) is 5.80. The van der Waals surface area contributed by atoms with Crippen molar-refractivity contribution in [3.05, 3.63) is 70.8 Å². The van der Waals surface area contributed by atoms with Crippen LogP contribution in [0.25, 0.3) is 0 Å². The number of aryl methyl sites for hydroxylation is 2. The average Bonchev–Trinajstić information content (AvgIpc) is 2.50. The molecule has 0 spiro atoms. The van der Waals surface area contributed by atoms with Gasteiger partial charge in [-0.1, -0.05) is 61.0 Å². The third-order valence-electron chi connectivity index (χ3n) is 4.10. The Labute approximate surface area is 127 Å². The molecule has 0 saturated carbocycles. The molecule has 0 radical (unpaired) electrons. The minimum atomic E-state index is -0.246. The predicted octanol–water partition coefficient (Wildman–Crippen LogP) is 3.75. The fourth-order valence-corrected chi connectivity index (χ4v) is 2.50. The van der Waals surface area contributed by atoms with E-state index in [-0.39, 0.29) is 17.7 Å². The van der Waals surface area contributed by atoms with Crippen LogP contribution >= 0.6 is 0 Å². The van der Waals surface area contributed by atoms with Crippen LogP contribution in [0.15, 0.2) is 48.5 Å². The van der Waals surface area contributed by atoms with E-state index in [4.69, 9.17) is 5.73 Å². The van der Waals surface area contributed by atoms with Crippen LogP contribution in [-0.2, 0) is 11.2 Å². The van der Waals surface area contributed by atoms with Crippen molar-refractivity contribution in [1.29, 1.82) is 0 Å². The Kier molecular flexibility index (Phi) is 4.92. The Morgan fingerprint density at radius 3 is 2.43 bits per heavy atom. The summed E-state index contributed by atoms with van der Waals surface area (Å²) in [7, 11) is 0. The molecule has 0 heterocycles. The molecule has 0 aliphatic heterocycles. The fraction of sp³-hybridized carbons (Fsp3) is 0.316. The van der Waals surface area contributed by atoms with E-state index in [2.05, 4.69) is 18.2 Å². The van der Waals surface area contributed by atoms with Gasteiger partial charge in [-0.05, 0) is 30.5 Å². The van der Waals surface area contributed by atoms with Crippen LogP contribution in [-0.4, -0.2) is 5.78 Å².